The molecule has 1 amide bonds. The smallest absolute Gasteiger partial charge is 0.342 e. The van der Waals surface area contributed by atoms with Crippen molar-refractivity contribution in [2.24, 2.45) is 5.92 Å². The number of piperazine rings is 1. The van der Waals surface area contributed by atoms with Gasteiger partial charge in [-0.2, -0.15) is 13.2 Å². The average Bonchev–Trinajstić information content (AvgIpc) is 3.65. The molecule has 6 rings (SSSR count). The molecule has 0 radical (unpaired) electrons. The molecule has 0 spiro atoms. The number of alkyl halides is 3. The number of hydrogen-bond acceptors (Lipinski definition) is 6. The van der Waals surface area contributed by atoms with Crippen LogP contribution in [0.25, 0.3) is 22.3 Å². The molecule has 4 heterocycles. The predicted molar refractivity (Wildman–Crippen MR) is 138 cm³/mol. The van der Waals surface area contributed by atoms with Gasteiger partial charge in [-0.15, -0.1) is 0 Å². The number of aromatic amines is 1. The minimum atomic E-state index is -4.61. The Labute approximate surface area is 223 Å². The molecule has 1 aliphatic heterocycles. The van der Waals surface area contributed by atoms with E-state index < -0.39 is 12.0 Å². The van der Waals surface area contributed by atoms with Gasteiger partial charge in [0.1, 0.15) is 5.82 Å². The second-order valence-corrected chi connectivity index (χ2v) is 10.3. The van der Waals surface area contributed by atoms with Crippen LogP contribution in [0.1, 0.15) is 42.2 Å². The molecule has 1 aliphatic carbocycles. The molecule has 1 aromatic carbocycles. The van der Waals surface area contributed by atoms with Gasteiger partial charge in [0.15, 0.2) is 0 Å². The molecule has 1 saturated carbocycles. The number of halogens is 3. The largest absolute Gasteiger partial charge is 0.451 e. The lowest BCUT2D eigenvalue weighted by Crippen LogP contribution is -2.48. The number of nitrogens with one attached hydrogen (secondary N) is 1. The van der Waals surface area contributed by atoms with Crippen molar-refractivity contribution < 1.29 is 18.0 Å². The Kier molecular flexibility index (Phi) is 6.76. The number of fused-ring (bicyclic) bond motifs is 1. The van der Waals surface area contributed by atoms with E-state index in [1.54, 1.807) is 24.4 Å². The quantitative estimate of drug-likeness (QED) is 0.376. The van der Waals surface area contributed by atoms with Gasteiger partial charge in [0.05, 0.1) is 16.7 Å². The number of pyridine rings is 1. The van der Waals surface area contributed by atoms with E-state index in [2.05, 4.69) is 35.9 Å². The summed E-state index contributed by atoms with van der Waals surface area (Å²) in [6.45, 7) is 4.06. The third-order valence-electron chi connectivity index (χ3n) is 7.26. The molecule has 1 saturated heterocycles. The van der Waals surface area contributed by atoms with Crippen LogP contribution in [0, 0.1) is 5.92 Å². The summed E-state index contributed by atoms with van der Waals surface area (Å²) in [7, 11) is 0. The van der Waals surface area contributed by atoms with Crippen molar-refractivity contribution in [3.05, 3.63) is 71.7 Å². The zero-order chi connectivity index (χ0) is 27.0. The van der Waals surface area contributed by atoms with Gasteiger partial charge in [0.2, 0.25) is 11.7 Å². The fourth-order valence-electron chi connectivity index (χ4n) is 4.97. The summed E-state index contributed by atoms with van der Waals surface area (Å²) in [4.78, 5) is 36.2. The van der Waals surface area contributed by atoms with E-state index >= 15 is 0 Å². The van der Waals surface area contributed by atoms with Gasteiger partial charge in [-0.1, -0.05) is 6.07 Å². The molecule has 39 heavy (non-hydrogen) atoms. The zero-order valence-electron chi connectivity index (χ0n) is 21.3. The van der Waals surface area contributed by atoms with E-state index in [0.29, 0.717) is 47.1 Å². The highest BCUT2D eigenvalue weighted by molar-refractivity contribution is 5.81. The number of hydrogen-bond donors (Lipinski definition) is 1. The van der Waals surface area contributed by atoms with Crippen LogP contribution in [0.4, 0.5) is 13.2 Å². The van der Waals surface area contributed by atoms with Crippen LogP contribution in [0.5, 0.6) is 0 Å². The van der Waals surface area contributed by atoms with Gasteiger partial charge in [-0.25, -0.2) is 15.0 Å². The van der Waals surface area contributed by atoms with Gasteiger partial charge < -0.3 is 9.88 Å². The zero-order valence-corrected chi connectivity index (χ0v) is 21.3. The first-order valence-electron chi connectivity index (χ1n) is 13.1. The van der Waals surface area contributed by atoms with Gasteiger partial charge in [0.25, 0.3) is 0 Å². The first-order valence-corrected chi connectivity index (χ1v) is 13.1. The normalized spacial score (nSPS) is 16.6. The number of aromatic nitrogens is 5. The summed E-state index contributed by atoms with van der Waals surface area (Å²) in [6.07, 6.45) is 1.89. The van der Waals surface area contributed by atoms with E-state index in [1.807, 2.05) is 11.0 Å². The van der Waals surface area contributed by atoms with Crippen molar-refractivity contribution >= 4 is 16.9 Å². The molecule has 0 unspecified atom stereocenters. The first kappa shape index (κ1) is 25.4. The SMILES string of the molecule is O=C(CC1CC1)N1CCN(Cc2ccnc(Cc3nc4ccc(-c5ccnc(C(F)(F)F)n5)cc4[nH]3)c2)CC1. The lowest BCUT2D eigenvalue weighted by Gasteiger charge is -2.35. The molecule has 4 aromatic rings. The Hall–Kier alpha value is -3.86. The molecule has 2 aliphatic rings. The van der Waals surface area contributed by atoms with E-state index in [0.717, 1.165) is 50.2 Å². The molecule has 11 heteroatoms. The number of rotatable bonds is 7. The third-order valence-corrected chi connectivity index (χ3v) is 7.26. The molecule has 3 aromatic heterocycles. The number of imidazole rings is 1. The maximum Gasteiger partial charge on any atom is 0.451 e. The highest BCUT2D eigenvalue weighted by Gasteiger charge is 2.34. The van der Waals surface area contributed by atoms with Crippen LogP contribution < -0.4 is 0 Å². The van der Waals surface area contributed by atoms with Crippen molar-refractivity contribution in [1.82, 2.24) is 34.7 Å². The number of carbonyl (C=O) groups is 1. The monoisotopic (exact) mass is 535 g/mol. The van der Waals surface area contributed by atoms with Crippen LogP contribution in [0.15, 0.2) is 48.8 Å². The van der Waals surface area contributed by atoms with Crippen molar-refractivity contribution in [3.8, 4) is 11.3 Å². The number of H-pyrrole nitrogens is 1. The molecule has 0 bridgehead atoms. The summed E-state index contributed by atoms with van der Waals surface area (Å²) in [5, 5.41) is 0. The van der Waals surface area contributed by atoms with Crippen molar-refractivity contribution in [2.45, 2.75) is 38.4 Å². The van der Waals surface area contributed by atoms with E-state index in [4.69, 9.17) is 0 Å². The van der Waals surface area contributed by atoms with Gasteiger partial charge in [-0.05, 0) is 54.7 Å². The Bertz CT molecular complexity index is 1490. The number of nitrogens with zero attached hydrogens (tertiary/aromatic N) is 6. The fourth-order valence-corrected chi connectivity index (χ4v) is 4.97. The maximum atomic E-state index is 13.0. The van der Waals surface area contributed by atoms with Crippen LogP contribution in [-0.4, -0.2) is 66.8 Å². The maximum absolute atomic E-state index is 13.0. The molecule has 1 N–H and O–H groups in total. The lowest BCUT2D eigenvalue weighted by molar-refractivity contribution is -0.144. The lowest BCUT2D eigenvalue weighted by atomic mass is 10.1. The summed E-state index contributed by atoms with van der Waals surface area (Å²) in [5.41, 5.74) is 4.18. The highest BCUT2D eigenvalue weighted by Crippen LogP contribution is 2.33. The molecule has 8 nitrogen and oxygen atoms in total. The van der Waals surface area contributed by atoms with E-state index in [9.17, 15) is 18.0 Å². The average molecular weight is 536 g/mol. The first-order chi connectivity index (χ1) is 18.8. The van der Waals surface area contributed by atoms with Crippen LogP contribution >= 0.6 is 0 Å². The summed E-state index contributed by atoms with van der Waals surface area (Å²) in [5.74, 6) is 0.461. The Morgan fingerprint density at radius 1 is 0.974 bits per heavy atom. The molecular weight excluding hydrogens is 507 g/mol. The molecule has 2 fully saturated rings. The van der Waals surface area contributed by atoms with Crippen molar-refractivity contribution in [2.75, 3.05) is 26.2 Å². The molecule has 0 atom stereocenters. The van der Waals surface area contributed by atoms with Crippen LogP contribution in [0.2, 0.25) is 0 Å². The number of benzene rings is 1. The Balaban J connectivity index is 1.10. The third kappa shape index (κ3) is 6.08. The summed E-state index contributed by atoms with van der Waals surface area (Å²) >= 11 is 0. The fraction of sp³-hybridized carbons (Fsp3) is 0.393. The van der Waals surface area contributed by atoms with E-state index in [-0.39, 0.29) is 5.69 Å². The summed E-state index contributed by atoms with van der Waals surface area (Å²) in [6, 6.07) is 10.7. The van der Waals surface area contributed by atoms with Gasteiger partial charge in [0, 0.05) is 69.2 Å². The molecular formula is C28H28F3N7O. The minimum Gasteiger partial charge on any atom is -0.342 e. The Morgan fingerprint density at radius 2 is 1.77 bits per heavy atom. The topological polar surface area (TPSA) is 90.9 Å². The predicted octanol–water partition coefficient (Wildman–Crippen LogP) is 4.47. The van der Waals surface area contributed by atoms with E-state index in [1.165, 1.54) is 18.9 Å². The molecule has 202 valence electrons. The standard InChI is InChI=1S/C28H28F3N7O/c29-28(30,31)27-33-8-6-22(36-27)20-3-4-23-24(15-20)35-25(34-23)16-21-13-19(5-7-32-21)17-37-9-11-38(12-10-37)26(39)14-18-1-2-18/h3-8,13,15,18H,1-2,9-12,14,16-17H2,(H,34,35). The Morgan fingerprint density at radius 3 is 2.54 bits per heavy atom. The van der Waals surface area contributed by atoms with Crippen LogP contribution in [0.3, 0.4) is 0 Å². The number of amides is 1. The minimum absolute atomic E-state index is 0.192. The van der Waals surface area contributed by atoms with Gasteiger partial charge in [-0.3, -0.25) is 14.7 Å². The summed E-state index contributed by atoms with van der Waals surface area (Å²) < 4.78 is 39.1. The second-order valence-electron chi connectivity index (χ2n) is 10.3. The number of carbonyl (C=O) groups excluding carboxylic acids is 1. The van der Waals surface area contributed by atoms with Gasteiger partial charge >= 0.3 is 6.18 Å². The van der Waals surface area contributed by atoms with Crippen molar-refractivity contribution in [3.63, 3.8) is 0 Å². The second kappa shape index (κ2) is 10.4. The van der Waals surface area contributed by atoms with Crippen molar-refractivity contribution in [1.29, 1.82) is 0 Å². The highest BCUT2D eigenvalue weighted by atomic mass is 19.4. The van der Waals surface area contributed by atoms with Crippen LogP contribution in [-0.2, 0) is 23.9 Å².